The van der Waals surface area contributed by atoms with Crippen molar-refractivity contribution in [2.45, 2.75) is 57.5 Å². The van der Waals surface area contributed by atoms with Gasteiger partial charge in [-0.25, -0.2) is 0 Å². The van der Waals surface area contributed by atoms with Gasteiger partial charge in [0.15, 0.2) is 0 Å². The summed E-state index contributed by atoms with van der Waals surface area (Å²) in [6.07, 6.45) is 6.95. The van der Waals surface area contributed by atoms with E-state index in [0.717, 1.165) is 38.5 Å². The number of fused-ring (bicyclic) bond motifs is 11. The summed E-state index contributed by atoms with van der Waals surface area (Å²) in [4.78, 5) is 0. The van der Waals surface area contributed by atoms with Gasteiger partial charge in [-0.05, 0) is 56.1 Å². The quantitative estimate of drug-likeness (QED) is 0.556. The van der Waals surface area contributed by atoms with Crippen LogP contribution in [0.15, 0.2) is 29.4 Å². The summed E-state index contributed by atoms with van der Waals surface area (Å²) in [5.74, 6) is 0. The van der Waals surface area contributed by atoms with Crippen LogP contribution in [0.5, 0.6) is 0 Å². The molecule has 2 bridgehead atoms. The molecule has 1 atom stereocenters. The predicted molar refractivity (Wildman–Crippen MR) is 76.8 cm³/mol. The zero-order chi connectivity index (χ0) is 13.5. The Balaban J connectivity index is 2.02. The fourth-order valence-electron chi connectivity index (χ4n) is 2.62. The molecule has 19 heavy (non-hydrogen) atoms. The summed E-state index contributed by atoms with van der Waals surface area (Å²) in [7, 11) is 0. The van der Waals surface area contributed by atoms with E-state index in [9.17, 15) is 5.11 Å². The van der Waals surface area contributed by atoms with Gasteiger partial charge in [-0.1, -0.05) is 35.8 Å². The van der Waals surface area contributed by atoms with Gasteiger partial charge in [-0.2, -0.15) is 0 Å². The van der Waals surface area contributed by atoms with Crippen molar-refractivity contribution in [3.8, 4) is 0 Å². The Bertz CT molecular complexity index is 411. The van der Waals surface area contributed by atoms with E-state index in [4.69, 9.17) is 5.21 Å². The number of aliphatic hydroxyl groups is 1. The van der Waals surface area contributed by atoms with Crippen LogP contribution >= 0.6 is 0 Å². The van der Waals surface area contributed by atoms with Crippen LogP contribution < -0.4 is 0 Å². The Hall–Kier alpha value is -1.35. The Morgan fingerprint density at radius 3 is 1.95 bits per heavy atom. The molecule has 0 saturated heterocycles. The van der Waals surface area contributed by atoms with Gasteiger partial charge in [0.25, 0.3) is 0 Å². The molecule has 0 heterocycles. The summed E-state index contributed by atoms with van der Waals surface area (Å²) in [6.45, 7) is 0. The average Bonchev–Trinajstić information content (AvgIpc) is 2.44. The van der Waals surface area contributed by atoms with Crippen LogP contribution in [0.1, 0.15) is 49.7 Å². The number of aliphatic hydroxyl groups excluding tert-OH is 1. The lowest BCUT2D eigenvalue weighted by Gasteiger charge is -2.13. The monoisotopic (exact) mass is 261 g/mol. The smallest absolute Gasteiger partial charge is 0.0954 e. The Morgan fingerprint density at radius 1 is 0.842 bits per heavy atom. The summed E-state index contributed by atoms with van der Waals surface area (Å²) in [5.41, 5.74) is 3.28. The zero-order valence-electron chi connectivity index (χ0n) is 11.4. The lowest BCUT2D eigenvalue weighted by Crippen LogP contribution is -2.20. The third-order valence-electron chi connectivity index (χ3n) is 3.88. The number of nitrogens with zero attached hydrogens (tertiary/aromatic N) is 1. The highest BCUT2D eigenvalue weighted by Gasteiger charge is 2.13. The number of hydrogen-bond donors (Lipinski definition) is 2. The van der Waals surface area contributed by atoms with E-state index in [1.807, 2.05) is 0 Å². The van der Waals surface area contributed by atoms with Gasteiger partial charge in [0, 0.05) is 0 Å². The molecule has 104 valence electrons. The minimum Gasteiger partial charge on any atom is -0.411 e. The van der Waals surface area contributed by atoms with E-state index in [2.05, 4.69) is 29.4 Å². The molecule has 0 fully saturated rings. The molecule has 0 spiro atoms. The van der Waals surface area contributed by atoms with Crippen molar-refractivity contribution in [3.63, 3.8) is 0 Å². The Morgan fingerprint density at radius 2 is 1.37 bits per heavy atom. The summed E-state index contributed by atoms with van der Waals surface area (Å²) < 4.78 is 0. The maximum atomic E-state index is 9.98. The number of hydrogen-bond acceptors (Lipinski definition) is 3. The van der Waals surface area contributed by atoms with Gasteiger partial charge >= 0.3 is 0 Å². The molecular formula is C16H23NO2. The van der Waals surface area contributed by atoms with E-state index >= 15 is 0 Å². The standard InChI is InChI=1S/C16H23NO2/c18-16-8-4-2-6-14-11-9-13(10-12-14)5-1-3-7-15(16)17-19/h9-12,16,18-19H,1-8H2. The first-order valence-electron chi connectivity index (χ1n) is 7.26. The van der Waals surface area contributed by atoms with Gasteiger partial charge in [0.1, 0.15) is 0 Å². The van der Waals surface area contributed by atoms with E-state index in [0.29, 0.717) is 18.6 Å². The third kappa shape index (κ3) is 4.35. The molecular weight excluding hydrogens is 238 g/mol. The van der Waals surface area contributed by atoms with Crippen LogP contribution in [0, 0.1) is 0 Å². The second-order valence-corrected chi connectivity index (χ2v) is 5.38. The van der Waals surface area contributed by atoms with Crippen LogP contribution in [0.25, 0.3) is 0 Å². The fourth-order valence-corrected chi connectivity index (χ4v) is 2.62. The number of benzene rings is 1. The van der Waals surface area contributed by atoms with E-state index in [1.165, 1.54) is 11.1 Å². The number of rotatable bonds is 0. The van der Waals surface area contributed by atoms with E-state index in [1.54, 1.807) is 0 Å². The van der Waals surface area contributed by atoms with Crippen LogP contribution in [0.4, 0.5) is 0 Å². The fraction of sp³-hybridized carbons (Fsp3) is 0.562. The molecule has 0 aliphatic heterocycles. The molecule has 1 aromatic carbocycles. The van der Waals surface area contributed by atoms with Crippen molar-refractivity contribution in [1.29, 1.82) is 0 Å². The normalized spacial score (nSPS) is 24.3. The van der Waals surface area contributed by atoms with Crippen molar-refractivity contribution in [1.82, 2.24) is 0 Å². The minimum absolute atomic E-state index is 0.547. The van der Waals surface area contributed by atoms with Crippen LogP contribution in [0.3, 0.4) is 0 Å². The van der Waals surface area contributed by atoms with Crippen molar-refractivity contribution < 1.29 is 10.3 Å². The van der Waals surface area contributed by atoms with E-state index < -0.39 is 6.10 Å². The number of aryl methyl sites for hydroxylation is 2. The Labute approximate surface area is 115 Å². The highest BCUT2D eigenvalue weighted by Crippen LogP contribution is 2.15. The summed E-state index contributed by atoms with van der Waals surface area (Å²) >= 11 is 0. The molecule has 3 rings (SSSR count). The molecule has 0 amide bonds. The van der Waals surface area contributed by atoms with Crippen molar-refractivity contribution in [2.75, 3.05) is 0 Å². The first kappa shape index (κ1) is 14.1. The van der Waals surface area contributed by atoms with Gasteiger partial charge in [0.2, 0.25) is 0 Å². The molecule has 2 aliphatic carbocycles. The average molecular weight is 261 g/mol. The maximum absolute atomic E-state index is 9.98. The molecule has 1 unspecified atom stereocenters. The van der Waals surface area contributed by atoms with Gasteiger partial charge in [-0.15, -0.1) is 0 Å². The minimum atomic E-state index is -0.575. The van der Waals surface area contributed by atoms with Gasteiger partial charge in [0.05, 0.1) is 11.8 Å². The summed E-state index contributed by atoms with van der Waals surface area (Å²) in [5, 5.41) is 22.2. The molecule has 3 nitrogen and oxygen atoms in total. The molecule has 0 saturated carbocycles. The topological polar surface area (TPSA) is 52.8 Å². The third-order valence-corrected chi connectivity index (χ3v) is 3.88. The predicted octanol–water partition coefficient (Wildman–Crippen LogP) is 3.32. The van der Waals surface area contributed by atoms with E-state index in [-0.39, 0.29) is 0 Å². The molecule has 3 heteroatoms. The molecule has 0 aromatic heterocycles. The van der Waals surface area contributed by atoms with Crippen LogP contribution in [0.2, 0.25) is 0 Å². The highest BCUT2D eigenvalue weighted by molar-refractivity contribution is 5.87. The van der Waals surface area contributed by atoms with Gasteiger partial charge < -0.3 is 10.3 Å². The largest absolute Gasteiger partial charge is 0.411 e. The van der Waals surface area contributed by atoms with Gasteiger partial charge in [-0.3, -0.25) is 0 Å². The zero-order valence-corrected chi connectivity index (χ0v) is 11.4. The lowest BCUT2D eigenvalue weighted by atomic mass is 9.97. The molecule has 2 N–H and O–H groups in total. The molecule has 0 radical (unpaired) electrons. The lowest BCUT2D eigenvalue weighted by molar-refractivity contribution is 0.213. The SMILES string of the molecule is ON=C1CCCCc2ccc(cc2)CCCCC1O. The second-order valence-electron chi connectivity index (χ2n) is 5.38. The first-order chi connectivity index (χ1) is 9.29. The first-order valence-corrected chi connectivity index (χ1v) is 7.26. The second kappa shape index (κ2) is 7.29. The molecule has 1 aromatic rings. The number of oxime groups is 1. The highest BCUT2D eigenvalue weighted by atomic mass is 16.4. The Kier molecular flexibility index (Phi) is 5.40. The van der Waals surface area contributed by atoms with Crippen LogP contribution in [-0.2, 0) is 12.8 Å². The van der Waals surface area contributed by atoms with Crippen molar-refractivity contribution >= 4 is 5.71 Å². The summed E-state index contributed by atoms with van der Waals surface area (Å²) in [6, 6.07) is 8.88. The van der Waals surface area contributed by atoms with Crippen LogP contribution in [-0.4, -0.2) is 22.1 Å². The maximum Gasteiger partial charge on any atom is 0.0954 e. The van der Waals surface area contributed by atoms with Crippen molar-refractivity contribution in [3.05, 3.63) is 35.4 Å². The molecule has 2 aliphatic rings. The van der Waals surface area contributed by atoms with Crippen molar-refractivity contribution in [2.24, 2.45) is 5.16 Å².